The van der Waals surface area contributed by atoms with Crippen molar-refractivity contribution in [2.24, 2.45) is 0 Å². The van der Waals surface area contributed by atoms with Crippen LogP contribution in [0, 0.1) is 9.54 Å². The number of aromatic amines is 4. The molecule has 0 saturated heterocycles. The number of H-pyrrole nitrogens is 4. The van der Waals surface area contributed by atoms with Crippen molar-refractivity contribution in [2.45, 2.75) is 0 Å². The van der Waals surface area contributed by atoms with Crippen LogP contribution in [0.5, 0.6) is 11.8 Å². The second-order valence-electron chi connectivity index (χ2n) is 3.80. The van der Waals surface area contributed by atoms with E-state index in [2.05, 4.69) is 50.1 Å². The van der Waals surface area contributed by atoms with E-state index in [0.717, 1.165) is 12.2 Å². The summed E-state index contributed by atoms with van der Waals surface area (Å²) in [5.41, 5.74) is 1.01. The first-order valence-electron chi connectivity index (χ1n) is 5.42. The van der Waals surface area contributed by atoms with E-state index in [1.54, 1.807) is 0 Å². The second kappa shape index (κ2) is 5.75. The van der Waals surface area contributed by atoms with E-state index in [-0.39, 0.29) is 20.7 Å². The highest BCUT2D eigenvalue weighted by Crippen LogP contribution is 2.10. The van der Waals surface area contributed by atoms with Crippen molar-refractivity contribution in [3.8, 4) is 11.8 Å². The highest BCUT2D eigenvalue weighted by molar-refractivity contribution is 7.71. The Kier molecular flexibility index (Phi) is 4.03. The molecule has 0 aliphatic carbocycles. The molecule has 6 N–H and O–H groups in total. The highest BCUT2D eigenvalue weighted by atomic mass is 32.1. The summed E-state index contributed by atoms with van der Waals surface area (Å²) < 4.78 is -0.0493. The molecule has 0 atom stereocenters. The lowest BCUT2D eigenvalue weighted by atomic mass is 10.2. The van der Waals surface area contributed by atoms with E-state index in [1.807, 2.05) is 0 Å². The van der Waals surface area contributed by atoms with Gasteiger partial charge >= 0.3 is 0 Å². The molecule has 0 amide bonds. The molecule has 0 radical (unpaired) electrons. The zero-order chi connectivity index (χ0) is 15.6. The first-order chi connectivity index (χ1) is 9.88. The molecule has 0 saturated carbocycles. The lowest BCUT2D eigenvalue weighted by Gasteiger charge is -1.96. The van der Waals surface area contributed by atoms with E-state index in [0.29, 0.717) is 0 Å². The van der Waals surface area contributed by atoms with Crippen LogP contribution >= 0.6 is 24.4 Å². The van der Waals surface area contributed by atoms with Crippen LogP contribution in [-0.2, 0) is 0 Å². The van der Waals surface area contributed by atoms with Crippen molar-refractivity contribution in [3.63, 3.8) is 0 Å². The zero-order valence-electron chi connectivity index (χ0n) is 10.2. The molecule has 2 rings (SSSR count). The van der Waals surface area contributed by atoms with E-state index >= 15 is 0 Å². The van der Waals surface area contributed by atoms with Gasteiger partial charge < -0.3 is 20.2 Å². The van der Waals surface area contributed by atoms with Gasteiger partial charge in [-0.05, 0) is 36.6 Å². The maximum atomic E-state index is 11.6. The molecule has 8 nitrogen and oxygen atoms in total. The van der Waals surface area contributed by atoms with E-state index in [9.17, 15) is 19.8 Å². The number of hydrogen-bond acceptors (Lipinski definition) is 6. The van der Waals surface area contributed by atoms with Crippen molar-refractivity contribution >= 4 is 36.6 Å². The molecule has 2 aromatic heterocycles. The largest absolute Gasteiger partial charge is 0.494 e. The van der Waals surface area contributed by atoms with Crippen molar-refractivity contribution in [1.82, 2.24) is 19.9 Å². The topological polar surface area (TPSA) is 138 Å². The third-order valence-corrected chi connectivity index (χ3v) is 2.78. The van der Waals surface area contributed by atoms with Gasteiger partial charge in [0, 0.05) is 0 Å². The first-order valence-corrected chi connectivity index (χ1v) is 6.23. The Morgan fingerprint density at radius 2 is 1.19 bits per heavy atom. The van der Waals surface area contributed by atoms with Gasteiger partial charge in [-0.2, -0.15) is 0 Å². The predicted molar refractivity (Wildman–Crippen MR) is 80.3 cm³/mol. The summed E-state index contributed by atoms with van der Waals surface area (Å²) in [6, 6.07) is 0. The van der Waals surface area contributed by atoms with Crippen LogP contribution in [0.1, 0.15) is 11.1 Å². The first kappa shape index (κ1) is 14.7. The Morgan fingerprint density at radius 3 is 1.52 bits per heavy atom. The van der Waals surface area contributed by atoms with Gasteiger partial charge in [0.2, 0.25) is 11.8 Å². The van der Waals surface area contributed by atoms with Gasteiger partial charge in [-0.3, -0.25) is 19.6 Å². The normalized spacial score (nSPS) is 9.90. The molecule has 0 aliphatic rings. The van der Waals surface area contributed by atoms with Crippen LogP contribution in [0.15, 0.2) is 15.3 Å². The molecule has 2 aromatic rings. The minimum atomic E-state index is -0.622. The van der Waals surface area contributed by atoms with Gasteiger partial charge in [-0.15, -0.1) is 5.73 Å². The van der Waals surface area contributed by atoms with Crippen molar-refractivity contribution < 1.29 is 10.2 Å². The van der Waals surface area contributed by atoms with Gasteiger partial charge in [0.05, 0.1) is 0 Å². The van der Waals surface area contributed by atoms with Crippen molar-refractivity contribution in [3.05, 3.63) is 47.1 Å². The Bertz CT molecular complexity index is 911. The van der Waals surface area contributed by atoms with Crippen molar-refractivity contribution in [1.29, 1.82) is 0 Å². The van der Waals surface area contributed by atoms with Gasteiger partial charge in [-0.1, -0.05) is 0 Å². The number of rotatable bonds is 2. The van der Waals surface area contributed by atoms with Crippen LogP contribution in [0.4, 0.5) is 0 Å². The fourth-order valence-electron chi connectivity index (χ4n) is 1.44. The van der Waals surface area contributed by atoms with Gasteiger partial charge in [0.15, 0.2) is 9.54 Å². The molecule has 0 aliphatic heterocycles. The average molecular weight is 324 g/mol. The maximum absolute atomic E-state index is 11.6. The van der Waals surface area contributed by atoms with Crippen LogP contribution in [0.2, 0.25) is 0 Å². The molecule has 0 unspecified atom stereocenters. The number of aromatic nitrogens is 4. The van der Waals surface area contributed by atoms with Crippen molar-refractivity contribution in [2.75, 3.05) is 0 Å². The Balaban J connectivity index is 2.53. The van der Waals surface area contributed by atoms with Gasteiger partial charge in [0.1, 0.15) is 11.1 Å². The molecule has 0 spiro atoms. The molecular formula is C11H8N4O4S2. The number of aromatic hydroxyl groups is 2. The van der Waals surface area contributed by atoms with Crippen LogP contribution in [0.3, 0.4) is 0 Å². The zero-order valence-corrected chi connectivity index (χ0v) is 11.8. The third-order valence-electron chi connectivity index (χ3n) is 2.37. The molecule has 0 aromatic carbocycles. The minimum absolute atomic E-state index is 0.0247. The molecule has 108 valence electrons. The standard InChI is InChI=1S/C11H8N4O4S2/c16-6-4(7(17)13-10(20)12-6)2-1-3-5-8(18)14-11(21)15-9(5)19/h2-3H,(H3,12,13,16,17,20)(H3,14,15,18,19,21). The Morgan fingerprint density at radius 1 is 0.810 bits per heavy atom. The second-order valence-corrected chi connectivity index (χ2v) is 4.61. The number of hydrogen-bond donors (Lipinski definition) is 6. The summed E-state index contributed by atoms with van der Waals surface area (Å²) in [4.78, 5) is 32.4. The summed E-state index contributed by atoms with van der Waals surface area (Å²) in [6.07, 6.45) is 2.25. The molecular weight excluding hydrogens is 316 g/mol. The summed E-state index contributed by atoms with van der Waals surface area (Å²) in [5.74, 6) is -0.870. The van der Waals surface area contributed by atoms with Gasteiger partial charge in [0.25, 0.3) is 11.1 Å². The maximum Gasteiger partial charge on any atom is 0.263 e. The fraction of sp³-hybridized carbons (Fsp3) is 0. The monoisotopic (exact) mass is 324 g/mol. The smallest absolute Gasteiger partial charge is 0.263 e. The lowest BCUT2D eigenvalue weighted by molar-refractivity contribution is 0.448. The minimum Gasteiger partial charge on any atom is -0.494 e. The highest BCUT2D eigenvalue weighted by Gasteiger charge is 2.04. The average Bonchev–Trinajstić information content (AvgIpc) is 2.34. The molecule has 0 fully saturated rings. The van der Waals surface area contributed by atoms with Gasteiger partial charge in [-0.25, -0.2) is 0 Å². The molecule has 0 bridgehead atoms. The third kappa shape index (κ3) is 3.26. The van der Waals surface area contributed by atoms with Crippen LogP contribution in [0.25, 0.3) is 12.2 Å². The predicted octanol–water partition coefficient (Wildman–Crippen LogP) is 0.915. The Hall–Kier alpha value is -2.68. The Labute approximate surface area is 126 Å². The van der Waals surface area contributed by atoms with Crippen LogP contribution < -0.4 is 11.1 Å². The van der Waals surface area contributed by atoms with E-state index in [1.165, 1.54) is 0 Å². The summed E-state index contributed by atoms with van der Waals surface area (Å²) in [6.45, 7) is 0. The molecule has 2 heterocycles. The molecule has 21 heavy (non-hydrogen) atoms. The van der Waals surface area contributed by atoms with E-state index < -0.39 is 22.9 Å². The van der Waals surface area contributed by atoms with Crippen LogP contribution in [-0.4, -0.2) is 30.1 Å². The lowest BCUT2D eigenvalue weighted by Crippen LogP contribution is -2.11. The van der Waals surface area contributed by atoms with E-state index in [4.69, 9.17) is 0 Å². The molecule has 10 heteroatoms. The summed E-state index contributed by atoms with van der Waals surface area (Å²) >= 11 is 9.35. The summed E-state index contributed by atoms with van der Waals surface area (Å²) in [7, 11) is 0. The SMILES string of the molecule is O=c1[nH]c(=S)[nH]c(O)c1C=C=Cc1c(O)[nH]c(=S)[nH]c1=O. The quantitative estimate of drug-likeness (QED) is 0.359. The fourth-order valence-corrected chi connectivity index (χ4v) is 1.82. The number of nitrogens with one attached hydrogen (secondary N) is 4. The summed E-state index contributed by atoms with van der Waals surface area (Å²) in [5, 5.41) is 19.1.